The third-order valence-corrected chi connectivity index (χ3v) is 5.38. The van der Waals surface area contributed by atoms with Gasteiger partial charge in [0.05, 0.1) is 11.8 Å². The van der Waals surface area contributed by atoms with Crippen molar-refractivity contribution in [1.82, 2.24) is 4.90 Å². The van der Waals surface area contributed by atoms with E-state index in [1.165, 1.54) is 24.3 Å². The van der Waals surface area contributed by atoms with Crippen LogP contribution < -0.4 is 5.32 Å². The van der Waals surface area contributed by atoms with Crippen molar-refractivity contribution in [3.63, 3.8) is 0 Å². The second-order valence-electron chi connectivity index (χ2n) is 6.72. The number of amides is 3. The second-order valence-corrected chi connectivity index (χ2v) is 6.72. The molecule has 6 heteroatoms. The molecule has 3 amide bonds. The first kappa shape index (κ1) is 15.1. The molecule has 1 saturated heterocycles. The number of hydrogen-bond acceptors (Lipinski definition) is 3. The number of hydrogen-bond donors (Lipinski definition) is 1. The summed E-state index contributed by atoms with van der Waals surface area (Å²) < 4.78 is 12.9. The van der Waals surface area contributed by atoms with Gasteiger partial charge in [0.15, 0.2) is 0 Å². The van der Waals surface area contributed by atoms with Crippen molar-refractivity contribution in [3.05, 3.63) is 42.2 Å². The van der Waals surface area contributed by atoms with Crippen molar-refractivity contribution < 1.29 is 18.8 Å². The molecule has 1 aliphatic heterocycles. The Morgan fingerprint density at radius 1 is 1.12 bits per heavy atom. The molecule has 0 spiro atoms. The number of fused-ring (bicyclic) bond motifs is 5. The summed E-state index contributed by atoms with van der Waals surface area (Å²) in [6, 6.07) is 4.46. The Morgan fingerprint density at radius 2 is 1.67 bits per heavy atom. The van der Waals surface area contributed by atoms with Crippen molar-refractivity contribution >= 4 is 23.4 Å². The summed E-state index contributed by atoms with van der Waals surface area (Å²) in [4.78, 5) is 38.9. The van der Waals surface area contributed by atoms with E-state index in [-0.39, 0.29) is 35.5 Å². The van der Waals surface area contributed by atoms with Gasteiger partial charge in [0.2, 0.25) is 17.7 Å². The van der Waals surface area contributed by atoms with Crippen LogP contribution in [-0.4, -0.2) is 28.7 Å². The lowest BCUT2D eigenvalue weighted by molar-refractivity contribution is -0.146. The van der Waals surface area contributed by atoms with E-state index in [4.69, 9.17) is 0 Å². The van der Waals surface area contributed by atoms with E-state index < -0.39 is 17.8 Å². The average molecular weight is 328 g/mol. The number of nitrogens with one attached hydrogen (secondary N) is 1. The van der Waals surface area contributed by atoms with E-state index in [0.29, 0.717) is 5.69 Å². The van der Waals surface area contributed by atoms with Crippen LogP contribution in [0.3, 0.4) is 0 Å². The summed E-state index contributed by atoms with van der Waals surface area (Å²) in [5.74, 6) is -1.73. The summed E-state index contributed by atoms with van der Waals surface area (Å²) in [5, 5.41) is 2.62. The Bertz CT molecular complexity index is 728. The van der Waals surface area contributed by atoms with Gasteiger partial charge in [-0.25, -0.2) is 4.39 Å². The summed E-state index contributed by atoms with van der Waals surface area (Å²) in [7, 11) is 0. The van der Waals surface area contributed by atoms with E-state index >= 15 is 0 Å². The van der Waals surface area contributed by atoms with Crippen LogP contribution in [0.25, 0.3) is 0 Å². The van der Waals surface area contributed by atoms with E-state index in [9.17, 15) is 18.8 Å². The largest absolute Gasteiger partial charge is 0.324 e. The molecule has 3 aliphatic rings. The first-order valence-electron chi connectivity index (χ1n) is 8.09. The number of imide groups is 1. The lowest BCUT2D eigenvalue weighted by Crippen LogP contribution is -2.46. The van der Waals surface area contributed by atoms with Crippen LogP contribution in [0.2, 0.25) is 0 Å². The number of anilines is 1. The Labute approximate surface area is 138 Å². The molecular formula is C18H17FN2O3. The van der Waals surface area contributed by atoms with E-state index in [1.54, 1.807) is 6.92 Å². The molecule has 1 aromatic rings. The molecule has 1 heterocycles. The fourth-order valence-corrected chi connectivity index (χ4v) is 4.20. The van der Waals surface area contributed by atoms with Crippen molar-refractivity contribution in [3.8, 4) is 0 Å². The van der Waals surface area contributed by atoms with Gasteiger partial charge in [0.1, 0.15) is 11.9 Å². The maximum Gasteiger partial charge on any atom is 0.247 e. The average Bonchev–Trinajstić information content (AvgIpc) is 3.23. The monoisotopic (exact) mass is 328 g/mol. The number of rotatable bonds is 3. The Kier molecular flexibility index (Phi) is 3.30. The lowest BCUT2D eigenvalue weighted by atomic mass is 9.85. The van der Waals surface area contributed by atoms with Gasteiger partial charge < -0.3 is 5.32 Å². The molecule has 4 rings (SSSR count). The van der Waals surface area contributed by atoms with Crippen molar-refractivity contribution in [2.24, 2.45) is 23.7 Å². The van der Waals surface area contributed by atoms with E-state index in [2.05, 4.69) is 5.32 Å². The van der Waals surface area contributed by atoms with Crippen molar-refractivity contribution in [1.29, 1.82) is 0 Å². The third-order valence-electron chi connectivity index (χ3n) is 5.38. The maximum absolute atomic E-state index is 12.9. The topological polar surface area (TPSA) is 66.5 Å². The second kappa shape index (κ2) is 5.26. The van der Waals surface area contributed by atoms with Gasteiger partial charge in [0, 0.05) is 5.69 Å². The number of carbonyl (C=O) groups excluding carboxylic acids is 3. The van der Waals surface area contributed by atoms with Gasteiger partial charge in [-0.15, -0.1) is 0 Å². The molecule has 0 unspecified atom stereocenters. The molecular weight excluding hydrogens is 311 g/mol. The first-order chi connectivity index (χ1) is 11.5. The fraction of sp³-hybridized carbons (Fsp3) is 0.389. The number of allylic oxidation sites excluding steroid dienone is 2. The summed E-state index contributed by atoms with van der Waals surface area (Å²) >= 11 is 0. The van der Waals surface area contributed by atoms with Crippen LogP contribution in [0.5, 0.6) is 0 Å². The third kappa shape index (κ3) is 2.09. The lowest BCUT2D eigenvalue weighted by Gasteiger charge is -2.23. The molecule has 5 atom stereocenters. The zero-order valence-corrected chi connectivity index (χ0v) is 13.1. The van der Waals surface area contributed by atoms with E-state index in [0.717, 1.165) is 11.3 Å². The standard InChI is InChI=1S/C18H17FN2O3/c1-9(16(22)20-13-6-4-12(19)5-7-13)21-17(23)14-10-2-3-11(8-10)15(14)18(21)24/h2-7,9-11,14-15H,8H2,1H3,(H,20,22)/t9-,10-,11-,14-,15+/m0/s1. The van der Waals surface area contributed by atoms with Gasteiger partial charge in [-0.3, -0.25) is 19.3 Å². The Morgan fingerprint density at radius 3 is 2.21 bits per heavy atom. The molecule has 24 heavy (non-hydrogen) atoms. The van der Waals surface area contributed by atoms with Gasteiger partial charge >= 0.3 is 0 Å². The maximum atomic E-state index is 12.9. The molecule has 5 nitrogen and oxygen atoms in total. The molecule has 1 aromatic carbocycles. The summed E-state index contributed by atoms with van der Waals surface area (Å²) in [6.07, 6.45) is 4.89. The quantitative estimate of drug-likeness (QED) is 0.681. The Balaban J connectivity index is 1.51. The highest BCUT2D eigenvalue weighted by Crippen LogP contribution is 2.52. The highest BCUT2D eigenvalue weighted by Gasteiger charge is 2.60. The molecule has 1 saturated carbocycles. The van der Waals surface area contributed by atoms with Crippen LogP contribution in [-0.2, 0) is 14.4 Å². The van der Waals surface area contributed by atoms with Gasteiger partial charge in [0.25, 0.3) is 0 Å². The minimum Gasteiger partial charge on any atom is -0.324 e. The van der Waals surface area contributed by atoms with E-state index in [1.807, 2.05) is 12.2 Å². The summed E-state index contributed by atoms with van der Waals surface area (Å²) in [5.41, 5.74) is 0.425. The number of benzene rings is 1. The highest BCUT2D eigenvalue weighted by molar-refractivity contribution is 6.10. The van der Waals surface area contributed by atoms with Crippen molar-refractivity contribution in [2.75, 3.05) is 5.32 Å². The fourth-order valence-electron chi connectivity index (χ4n) is 4.20. The van der Waals surface area contributed by atoms with Crippen LogP contribution in [0.4, 0.5) is 10.1 Å². The van der Waals surface area contributed by atoms with Gasteiger partial charge in [-0.1, -0.05) is 12.2 Å². The number of nitrogens with zero attached hydrogens (tertiary/aromatic N) is 1. The SMILES string of the molecule is C[C@@H](C(=O)Nc1ccc(F)cc1)N1C(=O)[C@@H]2[C@H](C1=O)[C@H]1C=C[C@H]2C1. The van der Waals surface area contributed by atoms with Crippen LogP contribution >= 0.6 is 0 Å². The molecule has 0 aromatic heterocycles. The molecule has 1 N–H and O–H groups in total. The highest BCUT2D eigenvalue weighted by atomic mass is 19.1. The predicted molar refractivity (Wildman–Crippen MR) is 84.1 cm³/mol. The normalized spacial score (nSPS) is 31.5. The molecule has 124 valence electrons. The molecule has 2 bridgehead atoms. The first-order valence-corrected chi connectivity index (χ1v) is 8.09. The number of halogens is 1. The minimum absolute atomic E-state index is 0.119. The summed E-state index contributed by atoms with van der Waals surface area (Å²) in [6.45, 7) is 1.55. The zero-order chi connectivity index (χ0) is 17.0. The smallest absolute Gasteiger partial charge is 0.247 e. The van der Waals surface area contributed by atoms with Gasteiger partial charge in [-0.05, 0) is 49.4 Å². The predicted octanol–water partition coefficient (Wildman–Crippen LogP) is 1.96. The van der Waals surface area contributed by atoms with Crippen LogP contribution in [0.15, 0.2) is 36.4 Å². The molecule has 2 fully saturated rings. The van der Waals surface area contributed by atoms with Crippen LogP contribution in [0.1, 0.15) is 13.3 Å². The Hall–Kier alpha value is -2.50. The van der Waals surface area contributed by atoms with Crippen molar-refractivity contribution in [2.45, 2.75) is 19.4 Å². The zero-order valence-electron chi connectivity index (χ0n) is 13.1. The number of carbonyl (C=O) groups is 3. The molecule has 2 aliphatic carbocycles. The van der Waals surface area contributed by atoms with Crippen LogP contribution in [0, 0.1) is 29.5 Å². The number of likely N-dealkylation sites (tertiary alicyclic amines) is 1. The molecule has 0 radical (unpaired) electrons. The van der Waals surface area contributed by atoms with Gasteiger partial charge in [-0.2, -0.15) is 0 Å². The minimum atomic E-state index is -0.889.